The second-order valence-corrected chi connectivity index (χ2v) is 10.2. The molecule has 0 bridgehead atoms. The standard InChI is InChI=1S/C21H36N4O3S.HI/c1-5-23-20(25-15-17-7-6-14-28-19(17)21(2,3)4)24-13-12-16-8-10-18(11-9-16)29(22,26)27;/h8-11,17,19H,5-7,12-15H2,1-4H3,(H2,22,26,27)(H2,23,24,25);1H. The highest BCUT2D eigenvalue weighted by Crippen LogP contribution is 2.34. The highest BCUT2D eigenvalue weighted by Gasteiger charge is 2.35. The minimum absolute atomic E-state index is 0. The van der Waals surface area contributed by atoms with Crippen LogP contribution >= 0.6 is 24.0 Å². The van der Waals surface area contributed by atoms with E-state index in [0.717, 1.165) is 50.5 Å². The fourth-order valence-corrected chi connectivity index (χ4v) is 4.22. The molecule has 1 aliphatic heterocycles. The number of nitrogens with two attached hydrogens (primary N) is 1. The molecule has 9 heteroatoms. The Morgan fingerprint density at radius 3 is 2.47 bits per heavy atom. The molecule has 0 saturated carbocycles. The summed E-state index contributed by atoms with van der Waals surface area (Å²) in [6.45, 7) is 11.8. The monoisotopic (exact) mass is 552 g/mol. The van der Waals surface area contributed by atoms with E-state index >= 15 is 0 Å². The Morgan fingerprint density at radius 1 is 1.23 bits per heavy atom. The first kappa shape index (κ1) is 27.1. The van der Waals surface area contributed by atoms with Crippen LogP contribution in [0.4, 0.5) is 0 Å². The molecule has 0 aromatic heterocycles. The molecule has 7 nitrogen and oxygen atoms in total. The molecule has 2 atom stereocenters. The van der Waals surface area contributed by atoms with Gasteiger partial charge in [-0.05, 0) is 49.3 Å². The van der Waals surface area contributed by atoms with Crippen LogP contribution in [0.25, 0.3) is 0 Å². The molecule has 0 spiro atoms. The molecule has 2 unspecified atom stereocenters. The predicted octanol–water partition coefficient (Wildman–Crippen LogP) is 2.89. The van der Waals surface area contributed by atoms with E-state index in [2.05, 4.69) is 31.4 Å². The number of ether oxygens (including phenoxy) is 1. The van der Waals surface area contributed by atoms with Crippen molar-refractivity contribution in [1.29, 1.82) is 0 Å². The van der Waals surface area contributed by atoms with Crippen LogP contribution < -0.4 is 15.8 Å². The normalized spacial score (nSPS) is 20.4. The van der Waals surface area contributed by atoms with Crippen LogP contribution in [0.15, 0.2) is 34.2 Å². The van der Waals surface area contributed by atoms with E-state index < -0.39 is 10.0 Å². The molecule has 0 aliphatic carbocycles. The van der Waals surface area contributed by atoms with Gasteiger partial charge >= 0.3 is 0 Å². The molecule has 0 amide bonds. The average molecular weight is 553 g/mol. The Bertz CT molecular complexity index is 776. The van der Waals surface area contributed by atoms with Gasteiger partial charge in [-0.2, -0.15) is 0 Å². The molecule has 2 rings (SSSR count). The van der Waals surface area contributed by atoms with Crippen molar-refractivity contribution in [2.75, 3.05) is 26.2 Å². The highest BCUT2D eigenvalue weighted by atomic mass is 127. The summed E-state index contributed by atoms with van der Waals surface area (Å²) in [6.07, 6.45) is 3.21. The SMILES string of the molecule is CCNC(=NCC1CCCOC1C(C)(C)C)NCCc1ccc(S(N)(=O)=O)cc1.I. The number of aliphatic imine (C=N–C) groups is 1. The summed E-state index contributed by atoms with van der Waals surface area (Å²) in [5.74, 6) is 1.22. The molecule has 1 aromatic carbocycles. The second kappa shape index (κ2) is 12.2. The minimum Gasteiger partial charge on any atom is -0.377 e. The maximum absolute atomic E-state index is 11.3. The number of benzene rings is 1. The zero-order valence-electron chi connectivity index (χ0n) is 18.5. The number of hydrogen-bond acceptors (Lipinski definition) is 4. The Kier molecular flexibility index (Phi) is 11.0. The van der Waals surface area contributed by atoms with Gasteiger partial charge in [0, 0.05) is 32.2 Å². The molecule has 1 aliphatic rings. The van der Waals surface area contributed by atoms with Gasteiger partial charge in [0.05, 0.1) is 11.0 Å². The fourth-order valence-electron chi connectivity index (χ4n) is 3.71. The van der Waals surface area contributed by atoms with Crippen molar-refractivity contribution in [2.45, 2.75) is 58.0 Å². The van der Waals surface area contributed by atoms with Gasteiger partial charge in [-0.1, -0.05) is 32.9 Å². The third-order valence-electron chi connectivity index (χ3n) is 5.08. The largest absolute Gasteiger partial charge is 0.377 e. The summed E-state index contributed by atoms with van der Waals surface area (Å²) in [5.41, 5.74) is 1.14. The van der Waals surface area contributed by atoms with Gasteiger partial charge < -0.3 is 15.4 Å². The van der Waals surface area contributed by atoms with Crippen LogP contribution in [0.2, 0.25) is 0 Å². The molecule has 30 heavy (non-hydrogen) atoms. The van der Waals surface area contributed by atoms with Gasteiger partial charge in [0.15, 0.2) is 5.96 Å². The lowest BCUT2D eigenvalue weighted by molar-refractivity contribution is -0.0823. The van der Waals surface area contributed by atoms with Crippen LogP contribution in [-0.4, -0.2) is 46.7 Å². The average Bonchev–Trinajstić information content (AvgIpc) is 2.65. The van der Waals surface area contributed by atoms with E-state index in [1.807, 2.05) is 6.92 Å². The van der Waals surface area contributed by atoms with Crippen molar-refractivity contribution >= 4 is 40.0 Å². The minimum atomic E-state index is -3.65. The van der Waals surface area contributed by atoms with Crippen LogP contribution in [-0.2, 0) is 21.2 Å². The zero-order valence-corrected chi connectivity index (χ0v) is 21.6. The van der Waals surface area contributed by atoms with E-state index in [9.17, 15) is 8.42 Å². The molecule has 1 aromatic rings. The number of nitrogens with one attached hydrogen (secondary N) is 2. The van der Waals surface area contributed by atoms with Crippen molar-refractivity contribution in [2.24, 2.45) is 21.5 Å². The van der Waals surface area contributed by atoms with Gasteiger partial charge in [0.25, 0.3) is 0 Å². The summed E-state index contributed by atoms with van der Waals surface area (Å²) in [5, 5.41) is 11.8. The lowest BCUT2D eigenvalue weighted by atomic mass is 9.78. The summed E-state index contributed by atoms with van der Waals surface area (Å²) >= 11 is 0. The van der Waals surface area contributed by atoms with Crippen molar-refractivity contribution in [1.82, 2.24) is 10.6 Å². The molecule has 172 valence electrons. The smallest absolute Gasteiger partial charge is 0.238 e. The first-order valence-corrected chi connectivity index (χ1v) is 11.9. The number of hydrogen-bond donors (Lipinski definition) is 3. The molecule has 1 saturated heterocycles. The Morgan fingerprint density at radius 2 is 1.90 bits per heavy atom. The van der Waals surface area contributed by atoms with E-state index in [1.54, 1.807) is 24.3 Å². The molecule has 1 fully saturated rings. The van der Waals surface area contributed by atoms with Crippen molar-refractivity contribution in [3.63, 3.8) is 0 Å². The third-order valence-corrected chi connectivity index (χ3v) is 6.01. The Labute approximate surface area is 198 Å². The molecular formula is C21H37IN4O3S. The number of rotatable bonds is 7. The molecular weight excluding hydrogens is 515 g/mol. The van der Waals surface area contributed by atoms with E-state index in [0.29, 0.717) is 12.5 Å². The van der Waals surface area contributed by atoms with Gasteiger partial charge in [0.1, 0.15) is 0 Å². The summed E-state index contributed by atoms with van der Waals surface area (Å²) in [7, 11) is -3.65. The van der Waals surface area contributed by atoms with Crippen LogP contribution in [0.1, 0.15) is 46.1 Å². The number of halogens is 1. The number of sulfonamides is 1. The highest BCUT2D eigenvalue weighted by molar-refractivity contribution is 14.0. The van der Waals surface area contributed by atoms with E-state index in [1.165, 1.54) is 0 Å². The number of primary sulfonamides is 1. The topological polar surface area (TPSA) is 106 Å². The van der Waals surface area contributed by atoms with E-state index in [-0.39, 0.29) is 40.4 Å². The summed E-state index contributed by atoms with van der Waals surface area (Å²) < 4.78 is 28.7. The Balaban J connectivity index is 0.00000450. The summed E-state index contributed by atoms with van der Waals surface area (Å²) in [6, 6.07) is 6.66. The number of nitrogens with zero attached hydrogens (tertiary/aromatic N) is 1. The third kappa shape index (κ3) is 8.68. The lowest BCUT2D eigenvalue weighted by Crippen LogP contribution is -2.43. The predicted molar refractivity (Wildman–Crippen MR) is 133 cm³/mol. The van der Waals surface area contributed by atoms with E-state index in [4.69, 9.17) is 14.9 Å². The van der Waals surface area contributed by atoms with Gasteiger partial charge in [-0.15, -0.1) is 24.0 Å². The van der Waals surface area contributed by atoms with Gasteiger partial charge in [0.2, 0.25) is 10.0 Å². The maximum Gasteiger partial charge on any atom is 0.238 e. The first-order valence-electron chi connectivity index (χ1n) is 10.4. The van der Waals surface area contributed by atoms with Gasteiger partial charge in [-0.25, -0.2) is 13.6 Å². The first-order chi connectivity index (χ1) is 13.6. The maximum atomic E-state index is 11.3. The quantitative estimate of drug-likeness (QED) is 0.274. The molecule has 0 radical (unpaired) electrons. The molecule has 4 N–H and O–H groups in total. The Hall–Kier alpha value is -0.910. The second-order valence-electron chi connectivity index (χ2n) is 8.65. The van der Waals surface area contributed by atoms with Crippen LogP contribution in [0.5, 0.6) is 0 Å². The fraction of sp³-hybridized carbons (Fsp3) is 0.667. The summed E-state index contributed by atoms with van der Waals surface area (Å²) in [4.78, 5) is 4.93. The van der Waals surface area contributed by atoms with Crippen LogP contribution in [0, 0.1) is 11.3 Å². The van der Waals surface area contributed by atoms with Crippen LogP contribution in [0.3, 0.4) is 0 Å². The lowest BCUT2D eigenvalue weighted by Gasteiger charge is -2.39. The molecule has 1 heterocycles. The van der Waals surface area contributed by atoms with Crippen molar-refractivity contribution < 1.29 is 13.2 Å². The van der Waals surface area contributed by atoms with Gasteiger partial charge in [-0.3, -0.25) is 4.99 Å². The van der Waals surface area contributed by atoms with Crippen molar-refractivity contribution in [3.8, 4) is 0 Å². The van der Waals surface area contributed by atoms with Crippen molar-refractivity contribution in [3.05, 3.63) is 29.8 Å². The zero-order chi connectivity index (χ0) is 21.5. The number of guanidine groups is 1.